The van der Waals surface area contributed by atoms with E-state index in [0.717, 1.165) is 11.3 Å². The Morgan fingerprint density at radius 1 is 1.12 bits per heavy atom. The van der Waals surface area contributed by atoms with E-state index in [2.05, 4.69) is 10.3 Å². The van der Waals surface area contributed by atoms with Crippen molar-refractivity contribution >= 4 is 11.8 Å². The van der Waals surface area contributed by atoms with Gasteiger partial charge in [-0.3, -0.25) is 10.3 Å². The van der Waals surface area contributed by atoms with Crippen molar-refractivity contribution in [2.45, 2.75) is 33.3 Å². The molecule has 0 atom stereocenters. The number of aryl methyl sites for hydroxylation is 1. The molecule has 1 amide bonds. The molecule has 0 aliphatic rings. The fourth-order valence-corrected chi connectivity index (χ4v) is 1.96. The lowest BCUT2D eigenvalue weighted by molar-refractivity contribution is 0.0636. The van der Waals surface area contributed by atoms with Crippen LogP contribution in [-0.2, 0) is 4.74 Å². The minimum Gasteiger partial charge on any atom is -0.496 e. The van der Waals surface area contributed by atoms with Crippen molar-refractivity contribution < 1.29 is 19.0 Å². The first-order valence-corrected chi connectivity index (χ1v) is 7.54. The van der Waals surface area contributed by atoms with Gasteiger partial charge in [-0.05, 0) is 39.3 Å². The van der Waals surface area contributed by atoms with E-state index >= 15 is 0 Å². The lowest BCUT2D eigenvalue weighted by Crippen LogP contribution is -2.27. The number of carbonyl (C=O) groups excluding carboxylic acids is 1. The normalized spacial score (nSPS) is 10.9. The van der Waals surface area contributed by atoms with Gasteiger partial charge >= 0.3 is 6.09 Å². The van der Waals surface area contributed by atoms with Gasteiger partial charge in [0.1, 0.15) is 22.8 Å². The maximum Gasteiger partial charge on any atom is 0.412 e. The zero-order valence-electron chi connectivity index (χ0n) is 14.5. The van der Waals surface area contributed by atoms with Crippen molar-refractivity contribution in [2.24, 2.45) is 0 Å². The number of aromatic nitrogens is 1. The lowest BCUT2D eigenvalue weighted by atomic mass is 10.2. The summed E-state index contributed by atoms with van der Waals surface area (Å²) in [5.74, 6) is 1.85. The number of nitrogens with zero attached hydrogens (tertiary/aromatic N) is 1. The molecule has 0 saturated heterocycles. The van der Waals surface area contributed by atoms with E-state index in [4.69, 9.17) is 14.2 Å². The van der Waals surface area contributed by atoms with Gasteiger partial charge in [0, 0.05) is 12.1 Å². The third-order valence-corrected chi connectivity index (χ3v) is 2.97. The van der Waals surface area contributed by atoms with Gasteiger partial charge in [0.15, 0.2) is 0 Å². The van der Waals surface area contributed by atoms with Crippen LogP contribution in [0.2, 0.25) is 0 Å². The summed E-state index contributed by atoms with van der Waals surface area (Å²) in [5.41, 5.74) is 0.938. The van der Waals surface area contributed by atoms with Crippen LogP contribution in [0.1, 0.15) is 26.3 Å². The van der Waals surface area contributed by atoms with Crippen molar-refractivity contribution in [3.05, 3.63) is 42.2 Å². The van der Waals surface area contributed by atoms with Gasteiger partial charge in [-0.1, -0.05) is 6.07 Å². The number of ether oxygens (including phenoxy) is 3. The highest BCUT2D eigenvalue weighted by Crippen LogP contribution is 2.28. The second-order valence-electron chi connectivity index (χ2n) is 6.27. The molecule has 0 unspecified atom stereocenters. The molecule has 0 aliphatic carbocycles. The predicted molar refractivity (Wildman–Crippen MR) is 91.9 cm³/mol. The van der Waals surface area contributed by atoms with Gasteiger partial charge in [0.25, 0.3) is 0 Å². The van der Waals surface area contributed by atoms with Crippen molar-refractivity contribution in [1.82, 2.24) is 4.98 Å². The number of rotatable bonds is 4. The summed E-state index contributed by atoms with van der Waals surface area (Å²) in [6, 6.07) is 7.21. The molecule has 2 rings (SSSR count). The molecule has 0 radical (unpaired) electrons. The summed E-state index contributed by atoms with van der Waals surface area (Å²) in [6.07, 6.45) is 2.54. The van der Waals surface area contributed by atoms with Crippen LogP contribution in [-0.4, -0.2) is 23.8 Å². The molecule has 0 bridgehead atoms. The van der Waals surface area contributed by atoms with Gasteiger partial charge in [-0.2, -0.15) is 0 Å². The molecule has 1 N–H and O–H groups in total. The highest BCUT2D eigenvalue weighted by Gasteiger charge is 2.16. The molecular formula is C18H22N2O4. The average Bonchev–Trinajstić information content (AvgIpc) is 2.47. The Kier molecular flexibility index (Phi) is 5.28. The van der Waals surface area contributed by atoms with Crippen molar-refractivity contribution in [2.75, 3.05) is 12.4 Å². The van der Waals surface area contributed by atoms with Crippen LogP contribution in [0.4, 0.5) is 10.5 Å². The first-order valence-electron chi connectivity index (χ1n) is 7.54. The minimum absolute atomic E-state index is 0.487. The Morgan fingerprint density at radius 2 is 1.88 bits per heavy atom. The van der Waals surface area contributed by atoms with Crippen LogP contribution < -0.4 is 14.8 Å². The number of carbonyl (C=O) groups is 1. The summed E-state index contributed by atoms with van der Waals surface area (Å²) in [6.45, 7) is 7.36. The number of amides is 1. The Labute approximate surface area is 141 Å². The van der Waals surface area contributed by atoms with E-state index in [-0.39, 0.29) is 0 Å². The molecule has 1 aromatic heterocycles. The van der Waals surface area contributed by atoms with Gasteiger partial charge in [0.05, 0.1) is 25.2 Å². The van der Waals surface area contributed by atoms with Gasteiger partial charge in [-0.25, -0.2) is 4.79 Å². The molecule has 1 aromatic carbocycles. The Morgan fingerprint density at radius 3 is 2.54 bits per heavy atom. The number of hydrogen-bond acceptors (Lipinski definition) is 5. The zero-order valence-corrected chi connectivity index (χ0v) is 14.5. The average molecular weight is 330 g/mol. The standard InChI is InChI=1S/C18H22N2O4/c1-12-6-7-14(9-16(12)22-5)23-15-8-13(10-19-11-15)20-17(21)24-18(2,3)4/h6-11H,1-5H3,(H,20,21). The van der Waals surface area contributed by atoms with Gasteiger partial charge < -0.3 is 14.2 Å². The molecule has 24 heavy (non-hydrogen) atoms. The summed E-state index contributed by atoms with van der Waals surface area (Å²) in [4.78, 5) is 15.9. The van der Waals surface area contributed by atoms with E-state index < -0.39 is 11.7 Å². The highest BCUT2D eigenvalue weighted by atomic mass is 16.6. The monoisotopic (exact) mass is 330 g/mol. The number of hydrogen-bond donors (Lipinski definition) is 1. The molecule has 6 nitrogen and oxygen atoms in total. The minimum atomic E-state index is -0.565. The Bertz CT molecular complexity index is 723. The third-order valence-electron chi connectivity index (χ3n) is 2.97. The second kappa shape index (κ2) is 7.21. The first-order chi connectivity index (χ1) is 11.3. The lowest BCUT2D eigenvalue weighted by Gasteiger charge is -2.19. The molecule has 1 heterocycles. The van der Waals surface area contributed by atoms with Crippen LogP contribution in [0.3, 0.4) is 0 Å². The van der Waals surface area contributed by atoms with Crippen LogP contribution in [0, 0.1) is 6.92 Å². The summed E-state index contributed by atoms with van der Waals surface area (Å²) in [5, 5.41) is 2.63. The maximum atomic E-state index is 11.8. The van der Waals surface area contributed by atoms with E-state index in [0.29, 0.717) is 17.2 Å². The smallest absolute Gasteiger partial charge is 0.412 e. The van der Waals surface area contributed by atoms with Crippen molar-refractivity contribution in [1.29, 1.82) is 0 Å². The maximum absolute atomic E-state index is 11.8. The molecule has 0 aliphatic heterocycles. The summed E-state index contributed by atoms with van der Waals surface area (Å²) < 4.78 is 16.2. The summed E-state index contributed by atoms with van der Waals surface area (Å²) >= 11 is 0. The number of nitrogens with one attached hydrogen (secondary N) is 1. The van der Waals surface area contributed by atoms with E-state index in [9.17, 15) is 4.79 Å². The van der Waals surface area contributed by atoms with Crippen LogP contribution in [0.25, 0.3) is 0 Å². The molecular weight excluding hydrogens is 308 g/mol. The van der Waals surface area contributed by atoms with Crippen LogP contribution in [0.15, 0.2) is 36.7 Å². The Hall–Kier alpha value is -2.76. The molecule has 2 aromatic rings. The molecule has 0 spiro atoms. The number of benzene rings is 1. The number of anilines is 1. The topological polar surface area (TPSA) is 69.7 Å². The van der Waals surface area contributed by atoms with E-state index in [1.807, 2.05) is 19.1 Å². The SMILES string of the molecule is COc1cc(Oc2cncc(NC(=O)OC(C)(C)C)c2)ccc1C. The highest BCUT2D eigenvalue weighted by molar-refractivity contribution is 5.84. The van der Waals surface area contributed by atoms with Gasteiger partial charge in [0.2, 0.25) is 0 Å². The van der Waals surface area contributed by atoms with E-state index in [1.54, 1.807) is 46.2 Å². The van der Waals surface area contributed by atoms with Crippen LogP contribution >= 0.6 is 0 Å². The number of methoxy groups -OCH3 is 1. The first kappa shape index (κ1) is 17.6. The van der Waals surface area contributed by atoms with Crippen molar-refractivity contribution in [3.8, 4) is 17.2 Å². The molecule has 0 fully saturated rings. The third kappa shape index (κ3) is 5.15. The van der Waals surface area contributed by atoms with Gasteiger partial charge in [-0.15, -0.1) is 0 Å². The van der Waals surface area contributed by atoms with Crippen molar-refractivity contribution in [3.63, 3.8) is 0 Å². The molecule has 0 saturated carbocycles. The van der Waals surface area contributed by atoms with Crippen LogP contribution in [0.5, 0.6) is 17.2 Å². The molecule has 128 valence electrons. The second-order valence-corrected chi connectivity index (χ2v) is 6.27. The van der Waals surface area contributed by atoms with E-state index in [1.165, 1.54) is 6.20 Å². The fourth-order valence-electron chi connectivity index (χ4n) is 1.96. The zero-order chi connectivity index (χ0) is 17.7. The largest absolute Gasteiger partial charge is 0.496 e. The summed E-state index contributed by atoms with van der Waals surface area (Å²) in [7, 11) is 1.61. The molecule has 6 heteroatoms. The quantitative estimate of drug-likeness (QED) is 0.891. The predicted octanol–water partition coefficient (Wildman–Crippen LogP) is 4.54. The Balaban J connectivity index is 2.09. The fraction of sp³-hybridized carbons (Fsp3) is 0.333. The number of pyridine rings is 1.